The predicted molar refractivity (Wildman–Crippen MR) is 189 cm³/mol. The van der Waals surface area contributed by atoms with Gasteiger partial charge in [-0.3, -0.25) is 0 Å². The summed E-state index contributed by atoms with van der Waals surface area (Å²) in [7, 11) is 0. The maximum atomic E-state index is 5.14. The summed E-state index contributed by atoms with van der Waals surface area (Å²) in [4.78, 5) is 15.2. The van der Waals surface area contributed by atoms with Gasteiger partial charge >= 0.3 is 0 Å². The Balaban J connectivity index is 1.32. The molecule has 0 bridgehead atoms. The third-order valence-corrected chi connectivity index (χ3v) is 9.68. The van der Waals surface area contributed by atoms with Crippen LogP contribution in [0.15, 0.2) is 133 Å². The van der Waals surface area contributed by atoms with Gasteiger partial charge in [-0.25, -0.2) is 15.0 Å². The SMILES string of the molecule is CC1(C)c2ccccc2-c2cc3c4ccccc4n(-c4ccccc4-c4nc(C5=CCCC=C5)nc(-c5ccccc5)n4)c3cc21. The normalized spacial score (nSPS) is 14.8. The van der Waals surface area contributed by atoms with Gasteiger partial charge in [-0.2, -0.15) is 0 Å². The van der Waals surface area contributed by atoms with Crippen molar-refractivity contribution in [1.29, 1.82) is 0 Å². The number of nitrogens with zero attached hydrogens (tertiary/aromatic N) is 4. The van der Waals surface area contributed by atoms with Crippen molar-refractivity contribution in [2.24, 2.45) is 0 Å². The van der Waals surface area contributed by atoms with E-state index in [1.807, 2.05) is 18.2 Å². The van der Waals surface area contributed by atoms with Gasteiger partial charge in [0.2, 0.25) is 0 Å². The Morgan fingerprint density at radius 2 is 1.28 bits per heavy atom. The Kier molecular flexibility index (Phi) is 5.94. The molecule has 0 radical (unpaired) electrons. The molecule has 0 atom stereocenters. The minimum atomic E-state index is -0.101. The van der Waals surface area contributed by atoms with Crippen LogP contribution in [0.4, 0.5) is 0 Å². The van der Waals surface area contributed by atoms with Gasteiger partial charge in [-0.15, -0.1) is 0 Å². The molecular weight excluding hydrogens is 560 g/mol. The van der Waals surface area contributed by atoms with Crippen LogP contribution in [0.3, 0.4) is 0 Å². The molecule has 0 saturated heterocycles. The van der Waals surface area contributed by atoms with Crippen LogP contribution in [-0.4, -0.2) is 19.5 Å². The molecule has 0 fully saturated rings. The molecule has 2 aliphatic carbocycles. The molecular formula is C42H32N4. The zero-order valence-electron chi connectivity index (χ0n) is 25.9. The first-order chi connectivity index (χ1) is 22.6. The molecule has 2 aliphatic rings. The Morgan fingerprint density at radius 1 is 0.565 bits per heavy atom. The largest absolute Gasteiger partial charge is 0.308 e. The monoisotopic (exact) mass is 592 g/mol. The topological polar surface area (TPSA) is 43.6 Å². The van der Waals surface area contributed by atoms with E-state index in [-0.39, 0.29) is 5.41 Å². The van der Waals surface area contributed by atoms with E-state index < -0.39 is 0 Å². The van der Waals surface area contributed by atoms with E-state index in [9.17, 15) is 0 Å². The Hall–Kier alpha value is -5.61. The fourth-order valence-electron chi connectivity index (χ4n) is 7.40. The lowest BCUT2D eigenvalue weighted by atomic mass is 9.82. The van der Waals surface area contributed by atoms with E-state index in [0.717, 1.165) is 40.7 Å². The average Bonchev–Trinajstić information content (AvgIpc) is 3.56. The maximum Gasteiger partial charge on any atom is 0.166 e. The third-order valence-electron chi connectivity index (χ3n) is 9.68. The lowest BCUT2D eigenvalue weighted by Gasteiger charge is -2.22. The zero-order chi connectivity index (χ0) is 30.8. The van der Waals surface area contributed by atoms with Crippen molar-refractivity contribution >= 4 is 27.4 Å². The first kappa shape index (κ1) is 26.8. The number of para-hydroxylation sites is 2. The highest BCUT2D eigenvalue weighted by atomic mass is 15.1. The molecule has 9 rings (SSSR count). The molecule has 46 heavy (non-hydrogen) atoms. The summed E-state index contributed by atoms with van der Waals surface area (Å²) >= 11 is 0. The second-order valence-corrected chi connectivity index (χ2v) is 12.8. The highest BCUT2D eigenvalue weighted by molar-refractivity contribution is 6.12. The summed E-state index contributed by atoms with van der Waals surface area (Å²) in [5.41, 5.74) is 11.7. The zero-order valence-corrected chi connectivity index (χ0v) is 25.9. The van der Waals surface area contributed by atoms with E-state index >= 15 is 0 Å². The van der Waals surface area contributed by atoms with Crippen LogP contribution in [-0.2, 0) is 5.41 Å². The maximum absolute atomic E-state index is 5.14. The molecule has 0 saturated carbocycles. The van der Waals surface area contributed by atoms with Gasteiger partial charge in [0, 0.05) is 32.9 Å². The fourth-order valence-corrected chi connectivity index (χ4v) is 7.40. The van der Waals surface area contributed by atoms with Gasteiger partial charge in [-0.1, -0.05) is 117 Å². The van der Waals surface area contributed by atoms with Gasteiger partial charge < -0.3 is 4.57 Å². The van der Waals surface area contributed by atoms with E-state index in [4.69, 9.17) is 15.0 Å². The van der Waals surface area contributed by atoms with Crippen LogP contribution >= 0.6 is 0 Å². The minimum Gasteiger partial charge on any atom is -0.308 e. The molecule has 220 valence electrons. The lowest BCUT2D eigenvalue weighted by Crippen LogP contribution is -2.15. The Bertz CT molecular complexity index is 2390. The van der Waals surface area contributed by atoms with Gasteiger partial charge in [0.1, 0.15) is 0 Å². The predicted octanol–water partition coefficient (Wildman–Crippen LogP) is 10.3. The highest BCUT2D eigenvalue weighted by Crippen LogP contribution is 2.51. The molecule has 0 N–H and O–H groups in total. The molecule has 4 nitrogen and oxygen atoms in total. The van der Waals surface area contributed by atoms with Crippen LogP contribution in [0, 0.1) is 0 Å². The van der Waals surface area contributed by atoms with E-state index in [0.29, 0.717) is 17.5 Å². The van der Waals surface area contributed by atoms with Gasteiger partial charge in [0.15, 0.2) is 17.5 Å². The van der Waals surface area contributed by atoms with Crippen molar-refractivity contribution in [2.75, 3.05) is 0 Å². The summed E-state index contributed by atoms with van der Waals surface area (Å²) in [6.45, 7) is 4.69. The molecule has 0 spiro atoms. The molecule has 0 aliphatic heterocycles. The van der Waals surface area contributed by atoms with Crippen molar-refractivity contribution < 1.29 is 0 Å². The number of fused-ring (bicyclic) bond motifs is 6. The van der Waals surface area contributed by atoms with Crippen LogP contribution in [0.1, 0.15) is 43.6 Å². The first-order valence-corrected chi connectivity index (χ1v) is 16.0. The average molecular weight is 593 g/mol. The standard InChI is InChI=1S/C42H32N4/c1-42(2)34-22-12-9-19-29(34)32-25-33-30-20-10-13-23-36(30)46(38(33)26-35(32)42)37-24-14-11-21-31(37)41-44-39(27-15-5-3-6-16-27)43-40(45-41)28-17-7-4-8-18-28/h3,5-7,9-26H,4,8H2,1-2H3. The molecule has 7 aromatic rings. The lowest BCUT2D eigenvalue weighted by molar-refractivity contribution is 0.661. The summed E-state index contributed by atoms with van der Waals surface area (Å²) in [6, 6.07) is 41.2. The van der Waals surface area contributed by atoms with Gasteiger partial charge in [-0.05, 0) is 65.4 Å². The quantitative estimate of drug-likeness (QED) is 0.204. The van der Waals surface area contributed by atoms with Crippen molar-refractivity contribution in [2.45, 2.75) is 32.1 Å². The summed E-state index contributed by atoms with van der Waals surface area (Å²) in [5, 5.41) is 2.48. The number of allylic oxidation sites excluding steroid dienone is 4. The molecule has 4 heteroatoms. The fraction of sp³-hybridized carbons (Fsp3) is 0.119. The van der Waals surface area contributed by atoms with Crippen LogP contribution in [0.25, 0.3) is 67.0 Å². The molecule has 0 amide bonds. The second kappa shape index (κ2) is 10.2. The third kappa shape index (κ3) is 4.03. The second-order valence-electron chi connectivity index (χ2n) is 12.8. The van der Waals surface area contributed by atoms with E-state index in [2.05, 4.69) is 134 Å². The van der Waals surface area contributed by atoms with Gasteiger partial charge in [0.05, 0.1) is 16.7 Å². The van der Waals surface area contributed by atoms with E-state index in [1.165, 1.54) is 38.5 Å². The summed E-state index contributed by atoms with van der Waals surface area (Å²) in [5.74, 6) is 2.04. The summed E-state index contributed by atoms with van der Waals surface area (Å²) < 4.78 is 2.41. The van der Waals surface area contributed by atoms with Crippen LogP contribution in [0.5, 0.6) is 0 Å². The number of benzene rings is 5. The summed E-state index contributed by atoms with van der Waals surface area (Å²) in [6.07, 6.45) is 8.58. The first-order valence-electron chi connectivity index (χ1n) is 16.0. The number of aromatic nitrogens is 4. The van der Waals surface area contributed by atoms with Gasteiger partial charge in [0.25, 0.3) is 0 Å². The number of hydrogen-bond acceptors (Lipinski definition) is 3. The van der Waals surface area contributed by atoms with Crippen LogP contribution < -0.4 is 0 Å². The minimum absolute atomic E-state index is 0.101. The van der Waals surface area contributed by atoms with Crippen molar-refractivity contribution in [3.05, 3.63) is 150 Å². The Labute approximate surface area is 268 Å². The molecule has 5 aromatic carbocycles. The molecule has 2 aromatic heterocycles. The number of hydrogen-bond donors (Lipinski definition) is 0. The molecule has 0 unspecified atom stereocenters. The van der Waals surface area contributed by atoms with Crippen LogP contribution in [0.2, 0.25) is 0 Å². The smallest absolute Gasteiger partial charge is 0.166 e. The van der Waals surface area contributed by atoms with E-state index in [1.54, 1.807) is 0 Å². The number of rotatable bonds is 4. The van der Waals surface area contributed by atoms with Crippen molar-refractivity contribution in [3.8, 4) is 39.6 Å². The van der Waals surface area contributed by atoms with Crippen molar-refractivity contribution in [1.82, 2.24) is 19.5 Å². The molecule has 2 heterocycles. The van der Waals surface area contributed by atoms with Crippen molar-refractivity contribution in [3.63, 3.8) is 0 Å². The highest BCUT2D eigenvalue weighted by Gasteiger charge is 2.36. The Morgan fingerprint density at radius 3 is 2.13 bits per heavy atom.